The van der Waals surface area contributed by atoms with Crippen LogP contribution in [0.4, 0.5) is 13.2 Å². The van der Waals surface area contributed by atoms with Crippen molar-refractivity contribution in [1.82, 2.24) is 19.8 Å². The van der Waals surface area contributed by atoms with Crippen LogP contribution >= 0.6 is 22.9 Å². The Balaban J connectivity index is 1.73. The van der Waals surface area contributed by atoms with Crippen molar-refractivity contribution < 1.29 is 22.7 Å². The molecule has 238 valence electrons. The number of amides is 1. The molecule has 3 heterocycles. The van der Waals surface area contributed by atoms with Crippen LogP contribution in [0, 0.1) is 5.92 Å². The number of rotatable bonds is 8. The summed E-state index contributed by atoms with van der Waals surface area (Å²) in [7, 11) is 0. The number of nitrogens with zero attached hydrogens (tertiary/aromatic N) is 3. The van der Waals surface area contributed by atoms with Gasteiger partial charge in [0.1, 0.15) is 10.8 Å². The number of alkyl halides is 3. The van der Waals surface area contributed by atoms with Crippen LogP contribution in [0.2, 0.25) is 5.02 Å². The van der Waals surface area contributed by atoms with E-state index in [2.05, 4.69) is 10.3 Å². The van der Waals surface area contributed by atoms with Crippen molar-refractivity contribution >= 4 is 28.8 Å². The number of hydrogen-bond acceptors (Lipinski definition) is 6. The Morgan fingerprint density at radius 2 is 1.91 bits per heavy atom. The summed E-state index contributed by atoms with van der Waals surface area (Å²) in [5, 5.41) is 5.77. The minimum atomic E-state index is -4.46. The van der Waals surface area contributed by atoms with Gasteiger partial charge in [0.05, 0.1) is 34.7 Å². The molecule has 0 bridgehead atoms. The van der Waals surface area contributed by atoms with Crippen molar-refractivity contribution in [2.75, 3.05) is 26.2 Å². The molecular weight excluding hydrogens is 625 g/mol. The fourth-order valence-corrected chi connectivity index (χ4v) is 6.43. The van der Waals surface area contributed by atoms with E-state index in [1.54, 1.807) is 34.5 Å². The van der Waals surface area contributed by atoms with Gasteiger partial charge in [0.2, 0.25) is 0 Å². The monoisotopic (exact) mass is 658 g/mol. The Kier molecular flexibility index (Phi) is 9.71. The van der Waals surface area contributed by atoms with Gasteiger partial charge in [0.15, 0.2) is 0 Å². The quantitative estimate of drug-likeness (QED) is 0.215. The third-order valence-corrected chi connectivity index (χ3v) is 8.61. The van der Waals surface area contributed by atoms with Crippen LogP contribution in [0.5, 0.6) is 5.75 Å². The highest BCUT2D eigenvalue weighted by Gasteiger charge is 2.31. The summed E-state index contributed by atoms with van der Waals surface area (Å²) in [6.07, 6.45) is -4.04. The zero-order valence-electron chi connectivity index (χ0n) is 25.4. The van der Waals surface area contributed by atoms with Gasteiger partial charge in [0, 0.05) is 47.3 Å². The van der Waals surface area contributed by atoms with Gasteiger partial charge in [-0.25, -0.2) is 4.98 Å². The highest BCUT2D eigenvalue weighted by molar-refractivity contribution is 7.13. The van der Waals surface area contributed by atoms with E-state index in [4.69, 9.17) is 16.3 Å². The number of benzene rings is 2. The fraction of sp³-hybridized carbons (Fsp3) is 0.364. The van der Waals surface area contributed by atoms with Crippen molar-refractivity contribution in [2.24, 2.45) is 5.92 Å². The zero-order chi connectivity index (χ0) is 32.5. The number of piperazine rings is 1. The van der Waals surface area contributed by atoms with E-state index in [1.165, 1.54) is 28.0 Å². The van der Waals surface area contributed by atoms with Gasteiger partial charge in [-0.05, 0) is 62.6 Å². The van der Waals surface area contributed by atoms with Crippen molar-refractivity contribution in [3.05, 3.63) is 86.1 Å². The number of pyridine rings is 1. The summed E-state index contributed by atoms with van der Waals surface area (Å²) in [5.74, 6) is 0.328. The third kappa shape index (κ3) is 7.10. The minimum Gasteiger partial charge on any atom is -0.492 e. The average Bonchev–Trinajstić information content (AvgIpc) is 3.48. The zero-order valence-corrected chi connectivity index (χ0v) is 26.9. The summed E-state index contributed by atoms with van der Waals surface area (Å²) in [6.45, 7) is 9.89. The van der Waals surface area contributed by atoms with E-state index in [-0.39, 0.29) is 23.4 Å². The second-order valence-electron chi connectivity index (χ2n) is 11.4. The molecule has 1 atom stereocenters. The van der Waals surface area contributed by atoms with Crippen LogP contribution in [0.3, 0.4) is 0 Å². The van der Waals surface area contributed by atoms with Gasteiger partial charge in [0.25, 0.3) is 11.5 Å². The summed E-state index contributed by atoms with van der Waals surface area (Å²) in [5.41, 5.74) is 1.24. The first-order valence-electron chi connectivity index (χ1n) is 14.7. The average molecular weight is 659 g/mol. The van der Waals surface area contributed by atoms with Gasteiger partial charge >= 0.3 is 6.18 Å². The maximum absolute atomic E-state index is 14.5. The van der Waals surface area contributed by atoms with Crippen LogP contribution in [0.1, 0.15) is 49.3 Å². The van der Waals surface area contributed by atoms with Crippen molar-refractivity contribution in [1.29, 1.82) is 0 Å². The Hall–Kier alpha value is -3.67. The molecule has 1 aliphatic heterocycles. The molecule has 0 spiro atoms. The van der Waals surface area contributed by atoms with Crippen LogP contribution in [0.25, 0.3) is 27.5 Å². The molecule has 1 aliphatic rings. The molecule has 7 nitrogen and oxygen atoms in total. The number of nitrogens with one attached hydrogen (secondary N) is 1. The number of carbonyl (C=O) groups is 1. The number of aromatic nitrogens is 2. The van der Waals surface area contributed by atoms with Gasteiger partial charge in [-0.15, -0.1) is 11.3 Å². The molecule has 0 radical (unpaired) electrons. The predicted molar refractivity (Wildman–Crippen MR) is 172 cm³/mol. The molecule has 1 saturated heterocycles. The summed E-state index contributed by atoms with van der Waals surface area (Å²) in [6, 6.07) is 11.5. The summed E-state index contributed by atoms with van der Waals surface area (Å²) < 4.78 is 46.9. The Labute approximate surface area is 268 Å². The number of thiazole rings is 1. The smallest absolute Gasteiger partial charge is 0.416 e. The SMILES string of the molecule is CCOc1ccc(Cl)cc1-n1c(CC(C)C)c(C(=O)N2CCN[C@H](C)C2)cc(-c2nc(-c3ccc(C(F)(F)F)cc3)cs2)c1=O. The van der Waals surface area contributed by atoms with Crippen LogP contribution in [-0.4, -0.2) is 52.6 Å². The van der Waals surface area contributed by atoms with Crippen molar-refractivity contribution in [3.8, 4) is 33.3 Å². The Morgan fingerprint density at radius 3 is 2.56 bits per heavy atom. The van der Waals surface area contributed by atoms with Gasteiger partial charge in [-0.2, -0.15) is 13.2 Å². The lowest BCUT2D eigenvalue weighted by molar-refractivity contribution is -0.137. The second-order valence-corrected chi connectivity index (χ2v) is 12.7. The predicted octanol–water partition coefficient (Wildman–Crippen LogP) is 7.33. The van der Waals surface area contributed by atoms with Gasteiger partial charge in [-0.1, -0.05) is 37.6 Å². The van der Waals surface area contributed by atoms with E-state index < -0.39 is 17.3 Å². The molecule has 0 saturated carbocycles. The molecule has 2 aromatic heterocycles. The number of halogens is 4. The molecule has 1 amide bonds. The lowest BCUT2D eigenvalue weighted by Gasteiger charge is -2.33. The number of hydrogen-bond donors (Lipinski definition) is 1. The lowest BCUT2D eigenvalue weighted by Crippen LogP contribution is -2.51. The molecule has 1 N–H and O–H groups in total. The van der Waals surface area contributed by atoms with Crippen LogP contribution in [-0.2, 0) is 12.6 Å². The van der Waals surface area contributed by atoms with E-state index in [9.17, 15) is 22.8 Å². The second kappa shape index (κ2) is 13.4. The van der Waals surface area contributed by atoms with E-state index in [0.29, 0.717) is 76.6 Å². The third-order valence-electron chi connectivity index (χ3n) is 7.50. The number of ether oxygens (including phenoxy) is 1. The Bertz CT molecular complexity index is 1750. The molecule has 1 fully saturated rings. The van der Waals surface area contributed by atoms with E-state index in [0.717, 1.165) is 12.1 Å². The largest absolute Gasteiger partial charge is 0.492 e. The maximum Gasteiger partial charge on any atom is 0.416 e. The topological polar surface area (TPSA) is 76.5 Å². The first kappa shape index (κ1) is 32.7. The van der Waals surface area contributed by atoms with Crippen molar-refractivity contribution in [2.45, 2.75) is 46.3 Å². The standard InChI is InChI=1S/C33H34ClF3N4O3S/c1-5-44-29-11-10-23(34)15-28(29)41-27(14-19(2)3)24(31(42)40-13-12-38-20(4)17-40)16-25(32(41)43)30-39-26(18-45-30)21-6-8-22(9-7-21)33(35,36)37/h6-11,15-16,18-20,38H,5,12-14,17H2,1-4H3/t20-/m1/s1. The normalized spacial score (nSPS) is 15.5. The molecule has 0 unspecified atom stereocenters. The molecular formula is C33H34ClF3N4O3S. The fourth-order valence-electron chi connectivity index (χ4n) is 5.42. The Morgan fingerprint density at radius 1 is 1.18 bits per heavy atom. The molecule has 45 heavy (non-hydrogen) atoms. The molecule has 2 aromatic carbocycles. The first-order chi connectivity index (χ1) is 21.4. The number of carbonyl (C=O) groups excluding carboxylic acids is 1. The van der Waals surface area contributed by atoms with Crippen LogP contribution < -0.4 is 15.6 Å². The molecule has 4 aromatic rings. The molecule has 12 heteroatoms. The molecule has 5 rings (SSSR count). The summed E-state index contributed by atoms with van der Waals surface area (Å²) in [4.78, 5) is 35.2. The summed E-state index contributed by atoms with van der Waals surface area (Å²) >= 11 is 7.63. The van der Waals surface area contributed by atoms with Crippen molar-refractivity contribution in [3.63, 3.8) is 0 Å². The molecule has 0 aliphatic carbocycles. The van der Waals surface area contributed by atoms with Gasteiger partial charge < -0.3 is 15.0 Å². The van der Waals surface area contributed by atoms with E-state index in [1.807, 2.05) is 27.7 Å². The highest BCUT2D eigenvalue weighted by Crippen LogP contribution is 2.35. The van der Waals surface area contributed by atoms with Gasteiger partial charge in [-0.3, -0.25) is 14.2 Å². The first-order valence-corrected chi connectivity index (χ1v) is 16.0. The lowest BCUT2D eigenvalue weighted by atomic mass is 9.99. The minimum absolute atomic E-state index is 0.0934. The van der Waals surface area contributed by atoms with Crippen LogP contribution in [0.15, 0.2) is 58.7 Å². The van der Waals surface area contributed by atoms with E-state index >= 15 is 0 Å². The maximum atomic E-state index is 14.5. The highest BCUT2D eigenvalue weighted by atomic mass is 35.5.